The van der Waals surface area contributed by atoms with E-state index in [4.69, 9.17) is 4.42 Å². The molecule has 2 aromatic heterocycles. The van der Waals surface area contributed by atoms with E-state index in [2.05, 4.69) is 15.5 Å². The summed E-state index contributed by atoms with van der Waals surface area (Å²) in [5.41, 5.74) is 1.71. The molecule has 112 valence electrons. The largest absolute Gasteiger partial charge is 0.463 e. The first-order valence-corrected chi connectivity index (χ1v) is 6.79. The number of carbonyl (C=O) groups excluding carboxylic acids is 1. The lowest BCUT2D eigenvalue weighted by Crippen LogP contribution is -2.26. The summed E-state index contributed by atoms with van der Waals surface area (Å²) in [4.78, 5) is 12.2. The molecule has 0 saturated heterocycles. The van der Waals surface area contributed by atoms with Gasteiger partial charge in [0.15, 0.2) is 11.5 Å². The first-order valence-electron chi connectivity index (χ1n) is 6.79. The smallest absolute Gasteiger partial charge is 0.272 e. The fourth-order valence-electron chi connectivity index (χ4n) is 2.10. The molecule has 1 amide bonds. The van der Waals surface area contributed by atoms with E-state index in [1.165, 1.54) is 12.1 Å². The Balaban J connectivity index is 1.70. The number of benzene rings is 1. The van der Waals surface area contributed by atoms with Gasteiger partial charge in [-0.1, -0.05) is 12.1 Å². The summed E-state index contributed by atoms with van der Waals surface area (Å²) in [7, 11) is 0. The minimum absolute atomic E-state index is 0.253. The van der Waals surface area contributed by atoms with Crippen molar-refractivity contribution in [2.24, 2.45) is 0 Å². The van der Waals surface area contributed by atoms with Gasteiger partial charge in [-0.05, 0) is 36.8 Å². The van der Waals surface area contributed by atoms with E-state index in [-0.39, 0.29) is 23.5 Å². The molecule has 0 bridgehead atoms. The SMILES string of the molecule is CC(NC(=O)c1cc(-c2ccco2)[nH]n1)c1ccc(F)cc1. The molecule has 0 radical (unpaired) electrons. The maximum atomic E-state index is 12.9. The number of amides is 1. The van der Waals surface area contributed by atoms with Crippen LogP contribution in [-0.4, -0.2) is 16.1 Å². The van der Waals surface area contributed by atoms with Gasteiger partial charge < -0.3 is 9.73 Å². The first kappa shape index (κ1) is 14.1. The zero-order valence-electron chi connectivity index (χ0n) is 11.8. The summed E-state index contributed by atoms with van der Waals surface area (Å²) < 4.78 is 18.1. The van der Waals surface area contributed by atoms with E-state index in [1.54, 1.807) is 36.6 Å². The van der Waals surface area contributed by atoms with Gasteiger partial charge in [0.2, 0.25) is 0 Å². The Hall–Kier alpha value is -2.89. The number of rotatable bonds is 4. The fourth-order valence-corrected chi connectivity index (χ4v) is 2.10. The number of carbonyl (C=O) groups is 1. The highest BCUT2D eigenvalue weighted by Crippen LogP contribution is 2.18. The predicted molar refractivity (Wildman–Crippen MR) is 78.6 cm³/mol. The van der Waals surface area contributed by atoms with E-state index in [0.29, 0.717) is 11.5 Å². The number of nitrogens with zero attached hydrogens (tertiary/aromatic N) is 1. The lowest BCUT2D eigenvalue weighted by atomic mass is 10.1. The van der Waals surface area contributed by atoms with Crippen LogP contribution in [0.1, 0.15) is 29.0 Å². The molecule has 0 aliphatic carbocycles. The van der Waals surface area contributed by atoms with Crippen molar-refractivity contribution in [2.75, 3.05) is 0 Å². The van der Waals surface area contributed by atoms with E-state index < -0.39 is 0 Å². The van der Waals surface area contributed by atoms with Crippen molar-refractivity contribution >= 4 is 5.91 Å². The molecule has 5 nitrogen and oxygen atoms in total. The highest BCUT2D eigenvalue weighted by Gasteiger charge is 2.15. The Morgan fingerprint density at radius 3 is 2.77 bits per heavy atom. The molecule has 1 atom stereocenters. The Morgan fingerprint density at radius 1 is 1.32 bits per heavy atom. The van der Waals surface area contributed by atoms with E-state index in [9.17, 15) is 9.18 Å². The number of halogens is 1. The Bertz CT molecular complexity index is 763. The molecule has 2 heterocycles. The molecular formula is C16H14FN3O2. The molecule has 1 unspecified atom stereocenters. The normalized spacial score (nSPS) is 12.1. The lowest BCUT2D eigenvalue weighted by molar-refractivity contribution is 0.0935. The molecule has 0 spiro atoms. The van der Waals surface area contributed by atoms with Crippen LogP contribution in [0, 0.1) is 5.82 Å². The maximum absolute atomic E-state index is 12.9. The van der Waals surface area contributed by atoms with Crippen LogP contribution in [0.25, 0.3) is 11.5 Å². The molecule has 0 aliphatic heterocycles. The van der Waals surface area contributed by atoms with E-state index >= 15 is 0 Å². The summed E-state index contributed by atoms with van der Waals surface area (Å²) >= 11 is 0. The lowest BCUT2D eigenvalue weighted by Gasteiger charge is -2.13. The van der Waals surface area contributed by atoms with Gasteiger partial charge >= 0.3 is 0 Å². The second-order valence-corrected chi connectivity index (χ2v) is 4.89. The fraction of sp³-hybridized carbons (Fsp3) is 0.125. The van der Waals surface area contributed by atoms with E-state index in [0.717, 1.165) is 5.56 Å². The van der Waals surface area contributed by atoms with Crippen LogP contribution in [0.3, 0.4) is 0 Å². The summed E-state index contributed by atoms with van der Waals surface area (Å²) in [6.45, 7) is 1.82. The van der Waals surface area contributed by atoms with Crippen molar-refractivity contribution in [1.82, 2.24) is 15.5 Å². The van der Waals surface area contributed by atoms with Crippen molar-refractivity contribution in [2.45, 2.75) is 13.0 Å². The third-order valence-corrected chi connectivity index (χ3v) is 3.31. The number of nitrogens with one attached hydrogen (secondary N) is 2. The number of furan rings is 1. The van der Waals surface area contributed by atoms with Gasteiger partial charge in [0.05, 0.1) is 12.3 Å². The molecule has 6 heteroatoms. The molecule has 0 saturated carbocycles. The quantitative estimate of drug-likeness (QED) is 0.776. The first-order chi connectivity index (χ1) is 10.6. The van der Waals surface area contributed by atoms with Gasteiger partial charge in [0.1, 0.15) is 11.5 Å². The molecule has 3 aromatic rings. The predicted octanol–water partition coefficient (Wildman–Crippen LogP) is 3.30. The zero-order chi connectivity index (χ0) is 15.5. The molecule has 0 fully saturated rings. The monoisotopic (exact) mass is 299 g/mol. The second-order valence-electron chi connectivity index (χ2n) is 4.89. The Kier molecular flexibility index (Phi) is 3.74. The minimum atomic E-state index is -0.314. The standard InChI is InChI=1S/C16H14FN3O2/c1-10(11-4-6-12(17)7-5-11)18-16(21)14-9-13(19-20-14)15-3-2-8-22-15/h2-10H,1H3,(H,18,21)(H,19,20). The topological polar surface area (TPSA) is 70.9 Å². The van der Waals surface area contributed by atoms with Gasteiger partial charge in [0, 0.05) is 6.07 Å². The average Bonchev–Trinajstić information content (AvgIpc) is 3.19. The molecule has 1 aromatic carbocycles. The number of hydrogen-bond acceptors (Lipinski definition) is 3. The molecule has 2 N–H and O–H groups in total. The van der Waals surface area contributed by atoms with Crippen LogP contribution in [0.2, 0.25) is 0 Å². The van der Waals surface area contributed by atoms with Gasteiger partial charge in [0.25, 0.3) is 5.91 Å². The van der Waals surface area contributed by atoms with E-state index in [1.807, 2.05) is 6.92 Å². The van der Waals surface area contributed by atoms with Crippen molar-refractivity contribution < 1.29 is 13.6 Å². The van der Waals surface area contributed by atoms with Crippen molar-refractivity contribution in [3.05, 3.63) is 65.8 Å². The van der Waals surface area contributed by atoms with Gasteiger partial charge in [-0.2, -0.15) is 5.10 Å². The maximum Gasteiger partial charge on any atom is 0.272 e. The van der Waals surface area contributed by atoms with Crippen LogP contribution in [-0.2, 0) is 0 Å². The zero-order valence-corrected chi connectivity index (χ0v) is 11.8. The summed E-state index contributed by atoms with van der Waals surface area (Å²) in [5.74, 6) is -0.0123. The molecule has 0 aliphatic rings. The number of H-pyrrole nitrogens is 1. The minimum Gasteiger partial charge on any atom is -0.463 e. The highest BCUT2D eigenvalue weighted by atomic mass is 19.1. The van der Waals surface area contributed by atoms with Gasteiger partial charge in [-0.3, -0.25) is 9.89 Å². The van der Waals surface area contributed by atoms with Crippen LogP contribution in [0.15, 0.2) is 53.1 Å². The van der Waals surface area contributed by atoms with Crippen molar-refractivity contribution in [1.29, 1.82) is 0 Å². The van der Waals surface area contributed by atoms with Crippen LogP contribution in [0.5, 0.6) is 0 Å². The summed E-state index contributed by atoms with van der Waals surface area (Å²) in [6.07, 6.45) is 1.55. The average molecular weight is 299 g/mol. The summed E-state index contributed by atoms with van der Waals surface area (Å²) in [5, 5.41) is 9.55. The molecule has 3 rings (SSSR count). The van der Waals surface area contributed by atoms with Gasteiger partial charge in [-0.15, -0.1) is 0 Å². The highest BCUT2D eigenvalue weighted by molar-refractivity contribution is 5.93. The van der Waals surface area contributed by atoms with Gasteiger partial charge in [-0.25, -0.2) is 4.39 Å². The third-order valence-electron chi connectivity index (χ3n) is 3.31. The molecular weight excluding hydrogens is 285 g/mol. The Labute approximate surface area is 126 Å². The van der Waals surface area contributed by atoms with Crippen molar-refractivity contribution in [3.63, 3.8) is 0 Å². The number of aromatic nitrogens is 2. The number of aromatic amines is 1. The van der Waals surface area contributed by atoms with Crippen LogP contribution >= 0.6 is 0 Å². The Morgan fingerprint density at radius 2 is 2.09 bits per heavy atom. The molecule has 22 heavy (non-hydrogen) atoms. The van der Waals surface area contributed by atoms with Crippen LogP contribution < -0.4 is 5.32 Å². The number of hydrogen-bond donors (Lipinski definition) is 2. The second kappa shape index (κ2) is 5.85. The van der Waals surface area contributed by atoms with Crippen LogP contribution in [0.4, 0.5) is 4.39 Å². The summed E-state index contributed by atoms with van der Waals surface area (Å²) in [6, 6.07) is 10.9. The third kappa shape index (κ3) is 2.90. The van der Waals surface area contributed by atoms with Crippen molar-refractivity contribution in [3.8, 4) is 11.5 Å².